The third kappa shape index (κ3) is 4.31. The van der Waals surface area contributed by atoms with E-state index in [4.69, 9.17) is 0 Å². The van der Waals surface area contributed by atoms with Crippen LogP contribution in [0.5, 0.6) is 0 Å². The van der Waals surface area contributed by atoms with Crippen LogP contribution in [0.25, 0.3) is 0 Å². The molecule has 0 aliphatic carbocycles. The maximum atomic E-state index is 12.2. The van der Waals surface area contributed by atoms with Gasteiger partial charge in [0.25, 0.3) is 0 Å². The first-order valence-corrected chi connectivity index (χ1v) is 8.94. The first-order valence-electron chi connectivity index (χ1n) is 8.06. The average molecular weight is 346 g/mol. The van der Waals surface area contributed by atoms with Gasteiger partial charge in [0.2, 0.25) is 5.91 Å². The van der Waals surface area contributed by atoms with Gasteiger partial charge in [0.1, 0.15) is 0 Å². The molecule has 1 aliphatic rings. The highest BCUT2D eigenvalue weighted by molar-refractivity contribution is 7.13. The van der Waals surface area contributed by atoms with Gasteiger partial charge in [-0.15, -0.1) is 11.3 Å². The van der Waals surface area contributed by atoms with Crippen LogP contribution >= 0.6 is 11.3 Å². The predicted molar refractivity (Wildman–Crippen MR) is 96.5 cm³/mol. The summed E-state index contributed by atoms with van der Waals surface area (Å²) in [7, 11) is 0. The SMILES string of the molecule is C[C@@H](O)c1ccc(NC(=O)CN2CCN(c3nccs3)CC2)cc1. The van der Waals surface area contributed by atoms with E-state index >= 15 is 0 Å². The minimum atomic E-state index is -0.496. The summed E-state index contributed by atoms with van der Waals surface area (Å²) in [5.41, 5.74) is 1.59. The van der Waals surface area contributed by atoms with Crippen LogP contribution < -0.4 is 10.2 Å². The van der Waals surface area contributed by atoms with Gasteiger partial charge in [0.15, 0.2) is 5.13 Å². The molecule has 2 aromatic rings. The summed E-state index contributed by atoms with van der Waals surface area (Å²) in [5.74, 6) is -0.0116. The number of amides is 1. The molecule has 2 heterocycles. The average Bonchev–Trinajstić information content (AvgIpc) is 3.10. The molecule has 6 nitrogen and oxygen atoms in total. The summed E-state index contributed by atoms with van der Waals surface area (Å²) in [6, 6.07) is 7.29. The second kappa shape index (κ2) is 7.74. The molecule has 1 saturated heterocycles. The Morgan fingerprint density at radius 2 is 2.00 bits per heavy atom. The van der Waals surface area contributed by atoms with Crippen molar-refractivity contribution < 1.29 is 9.90 Å². The van der Waals surface area contributed by atoms with Crippen molar-refractivity contribution in [2.75, 3.05) is 42.9 Å². The van der Waals surface area contributed by atoms with Gasteiger partial charge in [0.05, 0.1) is 12.6 Å². The van der Waals surface area contributed by atoms with E-state index in [1.54, 1.807) is 18.3 Å². The van der Waals surface area contributed by atoms with Crippen LogP contribution in [0.2, 0.25) is 0 Å². The summed E-state index contributed by atoms with van der Waals surface area (Å²) < 4.78 is 0. The molecule has 24 heavy (non-hydrogen) atoms. The first kappa shape index (κ1) is 16.9. The number of nitrogens with zero attached hydrogens (tertiary/aromatic N) is 3. The molecule has 128 valence electrons. The molecule has 0 bridgehead atoms. The smallest absolute Gasteiger partial charge is 0.238 e. The number of hydrogen-bond donors (Lipinski definition) is 2. The third-order valence-corrected chi connectivity index (χ3v) is 4.94. The number of aliphatic hydroxyl groups excluding tert-OH is 1. The largest absolute Gasteiger partial charge is 0.389 e. The van der Waals surface area contributed by atoms with Gasteiger partial charge in [-0.2, -0.15) is 0 Å². The number of aromatic nitrogens is 1. The normalized spacial score (nSPS) is 16.8. The topological polar surface area (TPSA) is 68.7 Å². The predicted octanol–water partition coefficient (Wildman–Crippen LogP) is 1.96. The molecular formula is C17H22N4O2S. The van der Waals surface area contributed by atoms with Gasteiger partial charge < -0.3 is 15.3 Å². The number of hydrogen-bond acceptors (Lipinski definition) is 6. The Morgan fingerprint density at radius 1 is 1.29 bits per heavy atom. The minimum Gasteiger partial charge on any atom is -0.389 e. The Balaban J connectivity index is 1.45. The van der Waals surface area contributed by atoms with Crippen LogP contribution in [-0.4, -0.2) is 53.6 Å². The van der Waals surface area contributed by atoms with E-state index in [-0.39, 0.29) is 5.91 Å². The maximum Gasteiger partial charge on any atom is 0.238 e. The zero-order chi connectivity index (χ0) is 16.9. The number of nitrogens with one attached hydrogen (secondary N) is 1. The van der Waals surface area contributed by atoms with Crippen molar-refractivity contribution in [2.45, 2.75) is 13.0 Å². The molecule has 1 fully saturated rings. The summed E-state index contributed by atoms with van der Waals surface area (Å²) in [6.07, 6.45) is 1.33. The summed E-state index contributed by atoms with van der Waals surface area (Å²) in [4.78, 5) is 20.9. The monoisotopic (exact) mass is 346 g/mol. The molecule has 0 unspecified atom stereocenters. The fourth-order valence-electron chi connectivity index (χ4n) is 2.72. The molecule has 3 rings (SSSR count). The number of carbonyl (C=O) groups excluding carboxylic acids is 1. The Labute approximate surface area is 145 Å². The van der Waals surface area contributed by atoms with E-state index < -0.39 is 6.10 Å². The number of piperazine rings is 1. The molecule has 1 atom stereocenters. The van der Waals surface area contributed by atoms with Gasteiger partial charge >= 0.3 is 0 Å². The molecule has 2 N–H and O–H groups in total. The van der Waals surface area contributed by atoms with Crippen LogP contribution in [0.1, 0.15) is 18.6 Å². The molecular weight excluding hydrogens is 324 g/mol. The quantitative estimate of drug-likeness (QED) is 0.866. The summed E-state index contributed by atoms with van der Waals surface area (Å²) in [5, 5.41) is 15.4. The molecule has 1 aromatic heterocycles. The third-order valence-electron chi connectivity index (χ3n) is 4.11. The van der Waals surface area contributed by atoms with Gasteiger partial charge in [-0.25, -0.2) is 4.98 Å². The molecule has 0 radical (unpaired) electrons. The lowest BCUT2D eigenvalue weighted by atomic mass is 10.1. The van der Waals surface area contributed by atoms with E-state index in [0.717, 1.165) is 42.6 Å². The fourth-order valence-corrected chi connectivity index (χ4v) is 3.41. The van der Waals surface area contributed by atoms with Gasteiger partial charge in [-0.05, 0) is 24.6 Å². The Hall–Kier alpha value is -1.96. The van der Waals surface area contributed by atoms with E-state index in [1.165, 1.54) is 0 Å². The second-order valence-electron chi connectivity index (χ2n) is 5.92. The van der Waals surface area contributed by atoms with Crippen LogP contribution in [0.4, 0.5) is 10.8 Å². The Bertz CT molecular complexity index is 650. The van der Waals surface area contributed by atoms with Crippen molar-refractivity contribution in [3.8, 4) is 0 Å². The van der Waals surface area contributed by atoms with Crippen LogP contribution in [0.15, 0.2) is 35.8 Å². The summed E-state index contributed by atoms with van der Waals surface area (Å²) >= 11 is 1.65. The van der Waals surface area contributed by atoms with E-state index in [9.17, 15) is 9.90 Å². The molecule has 1 aliphatic heterocycles. The lowest BCUT2D eigenvalue weighted by Crippen LogP contribution is -2.48. The number of rotatable bonds is 5. The van der Waals surface area contributed by atoms with E-state index in [1.807, 2.05) is 35.8 Å². The standard InChI is InChI=1S/C17H22N4O2S/c1-13(22)14-2-4-15(5-3-14)19-16(23)12-20-7-9-21(10-8-20)17-18-6-11-24-17/h2-6,11,13,22H,7-10,12H2,1H3,(H,19,23)/t13-/m1/s1. The second-order valence-corrected chi connectivity index (χ2v) is 6.80. The maximum absolute atomic E-state index is 12.2. The van der Waals surface area contributed by atoms with Crippen molar-refractivity contribution in [1.29, 1.82) is 0 Å². The van der Waals surface area contributed by atoms with Crippen LogP contribution in [0.3, 0.4) is 0 Å². The number of aliphatic hydroxyl groups is 1. The molecule has 0 saturated carbocycles. The highest BCUT2D eigenvalue weighted by Crippen LogP contribution is 2.19. The lowest BCUT2D eigenvalue weighted by molar-refractivity contribution is -0.117. The number of thiazole rings is 1. The van der Waals surface area contributed by atoms with Crippen LogP contribution in [0, 0.1) is 0 Å². The van der Waals surface area contributed by atoms with Crippen molar-refractivity contribution >= 4 is 28.1 Å². The molecule has 7 heteroatoms. The Kier molecular flexibility index (Phi) is 5.44. The van der Waals surface area contributed by atoms with Gasteiger partial charge in [0, 0.05) is 43.4 Å². The van der Waals surface area contributed by atoms with E-state index in [0.29, 0.717) is 6.54 Å². The number of carbonyl (C=O) groups is 1. The minimum absolute atomic E-state index is 0.0116. The fraction of sp³-hybridized carbons (Fsp3) is 0.412. The highest BCUT2D eigenvalue weighted by Gasteiger charge is 2.20. The van der Waals surface area contributed by atoms with Crippen molar-refractivity contribution in [1.82, 2.24) is 9.88 Å². The number of anilines is 2. The molecule has 0 spiro atoms. The first-order chi connectivity index (χ1) is 11.6. The number of benzene rings is 1. The highest BCUT2D eigenvalue weighted by atomic mass is 32.1. The molecule has 1 aromatic carbocycles. The van der Waals surface area contributed by atoms with Crippen molar-refractivity contribution in [3.05, 3.63) is 41.4 Å². The zero-order valence-corrected chi connectivity index (χ0v) is 14.5. The van der Waals surface area contributed by atoms with Crippen molar-refractivity contribution in [2.24, 2.45) is 0 Å². The van der Waals surface area contributed by atoms with Crippen molar-refractivity contribution in [3.63, 3.8) is 0 Å². The van der Waals surface area contributed by atoms with Crippen LogP contribution in [-0.2, 0) is 4.79 Å². The molecule has 1 amide bonds. The summed E-state index contributed by atoms with van der Waals surface area (Å²) in [6.45, 7) is 5.61. The lowest BCUT2D eigenvalue weighted by Gasteiger charge is -2.34. The Morgan fingerprint density at radius 3 is 2.58 bits per heavy atom. The van der Waals surface area contributed by atoms with E-state index in [2.05, 4.69) is 20.1 Å². The zero-order valence-electron chi connectivity index (χ0n) is 13.7. The van der Waals surface area contributed by atoms with Gasteiger partial charge in [-0.1, -0.05) is 12.1 Å². The van der Waals surface area contributed by atoms with Gasteiger partial charge in [-0.3, -0.25) is 9.69 Å².